The molecular weight excluding hydrogens is 988 g/mol. The van der Waals surface area contributed by atoms with E-state index in [-0.39, 0.29) is 31.5 Å². The van der Waals surface area contributed by atoms with Gasteiger partial charge in [0.05, 0.1) is 33.8 Å². The Bertz CT molecular complexity index is 1520. The number of phosphoric ester groups is 1. The van der Waals surface area contributed by atoms with Crippen molar-refractivity contribution in [1.82, 2.24) is 5.32 Å². The zero-order valence-electron chi connectivity index (χ0n) is 52.2. The van der Waals surface area contributed by atoms with E-state index in [1.165, 1.54) is 205 Å². The van der Waals surface area contributed by atoms with Gasteiger partial charge >= 0.3 is 13.8 Å². The van der Waals surface area contributed by atoms with E-state index in [1.54, 1.807) is 0 Å². The monoisotopic (exact) mass is 1120 g/mol. The summed E-state index contributed by atoms with van der Waals surface area (Å²) < 4.78 is 30.8. The number of nitrogens with one attached hydrogen (secondary N) is 1. The average molecular weight is 1120 g/mol. The lowest BCUT2D eigenvalue weighted by molar-refractivity contribution is -0.870. The van der Waals surface area contributed by atoms with Gasteiger partial charge in [0.2, 0.25) is 5.91 Å². The zero-order valence-corrected chi connectivity index (χ0v) is 53.1. The molecule has 0 saturated carbocycles. The van der Waals surface area contributed by atoms with Crippen LogP contribution >= 0.6 is 7.82 Å². The summed E-state index contributed by atoms with van der Waals surface area (Å²) in [5.74, 6) is -0.504. The van der Waals surface area contributed by atoms with Crippen LogP contribution in [-0.4, -0.2) is 74.3 Å². The number of hydrogen-bond acceptors (Lipinski definition) is 6. The fourth-order valence-electron chi connectivity index (χ4n) is 9.53. The molecule has 456 valence electrons. The van der Waals surface area contributed by atoms with Crippen LogP contribution in [0.25, 0.3) is 0 Å². The van der Waals surface area contributed by atoms with Gasteiger partial charge in [0.25, 0.3) is 0 Å². The first-order chi connectivity index (χ1) is 37.9. The number of amides is 1. The minimum atomic E-state index is -4.45. The molecule has 0 rings (SSSR count). The largest absolute Gasteiger partial charge is 0.472 e. The van der Waals surface area contributed by atoms with E-state index in [9.17, 15) is 19.0 Å². The highest BCUT2D eigenvalue weighted by atomic mass is 31.2. The van der Waals surface area contributed by atoms with E-state index in [2.05, 4.69) is 74.7 Å². The van der Waals surface area contributed by atoms with E-state index >= 15 is 0 Å². The molecule has 78 heavy (non-hydrogen) atoms. The lowest BCUT2D eigenvalue weighted by Gasteiger charge is -2.27. The van der Waals surface area contributed by atoms with Crippen LogP contribution in [0.2, 0.25) is 0 Å². The molecule has 10 heteroatoms. The quantitative estimate of drug-likeness (QED) is 0.0205. The lowest BCUT2D eigenvalue weighted by Crippen LogP contribution is -2.47. The number of ether oxygens (including phenoxy) is 1. The first-order valence-corrected chi connectivity index (χ1v) is 34.6. The van der Waals surface area contributed by atoms with Crippen molar-refractivity contribution in [3.05, 3.63) is 60.8 Å². The Kier molecular flexibility index (Phi) is 56.2. The molecule has 0 heterocycles. The summed E-state index contributed by atoms with van der Waals surface area (Å²) in [7, 11) is 1.50. The molecule has 3 atom stereocenters. The van der Waals surface area contributed by atoms with Crippen molar-refractivity contribution in [2.75, 3.05) is 40.9 Å². The zero-order chi connectivity index (χ0) is 57.2. The van der Waals surface area contributed by atoms with E-state index in [0.29, 0.717) is 17.4 Å². The van der Waals surface area contributed by atoms with Crippen molar-refractivity contribution >= 4 is 19.7 Å². The van der Waals surface area contributed by atoms with Gasteiger partial charge in [0.15, 0.2) is 0 Å². The standard InChI is InChI=1S/C68H127N2O7P/c1-7-10-13-16-19-22-25-28-30-32-34-35-37-38-40-42-45-48-51-54-57-60-67(71)69-65(64-76-78(73,74)75-63-62-70(4,5)6)66(59-56-53-50-47-44-27-24-21-18-15-12-9-3)77-68(72)61-58-55-52-49-46-43-41-39-36-33-31-29-26-23-20-17-14-11-8-2/h19-20,22-23,28-31,56,59,65-66H,7-18,21,24-27,32-55,57-58,60-64H2,1-6H3,(H-,69,71,73,74)/p+1/b22-19-,23-20-,30-28-,31-29-,59-56+. The summed E-state index contributed by atoms with van der Waals surface area (Å²) in [5, 5.41) is 3.06. The number of rotatable bonds is 60. The number of carbonyl (C=O) groups is 2. The predicted octanol–water partition coefficient (Wildman–Crippen LogP) is 20.6. The number of carbonyl (C=O) groups excluding carboxylic acids is 2. The molecule has 2 N–H and O–H groups in total. The summed E-state index contributed by atoms with van der Waals surface area (Å²) >= 11 is 0. The van der Waals surface area contributed by atoms with E-state index in [4.69, 9.17) is 13.8 Å². The second kappa shape index (κ2) is 57.9. The number of nitrogens with zero attached hydrogens (tertiary/aromatic N) is 1. The molecule has 0 saturated heterocycles. The molecule has 0 aromatic heterocycles. The highest BCUT2D eigenvalue weighted by Crippen LogP contribution is 2.43. The predicted molar refractivity (Wildman–Crippen MR) is 337 cm³/mol. The first kappa shape index (κ1) is 75.7. The van der Waals surface area contributed by atoms with Crippen molar-refractivity contribution in [2.24, 2.45) is 0 Å². The second-order valence-electron chi connectivity index (χ2n) is 23.6. The summed E-state index contributed by atoms with van der Waals surface area (Å²) in [6.07, 6.45) is 73.5. The molecule has 0 fully saturated rings. The highest BCUT2D eigenvalue weighted by molar-refractivity contribution is 7.47. The van der Waals surface area contributed by atoms with Crippen LogP contribution < -0.4 is 5.32 Å². The third kappa shape index (κ3) is 58.4. The fourth-order valence-corrected chi connectivity index (χ4v) is 10.3. The fraction of sp³-hybridized carbons (Fsp3) is 0.824. The van der Waals surface area contributed by atoms with Crippen LogP contribution in [0, 0.1) is 0 Å². The molecule has 0 aliphatic heterocycles. The number of esters is 1. The molecule has 0 aromatic rings. The van der Waals surface area contributed by atoms with Crippen LogP contribution in [0.4, 0.5) is 0 Å². The maximum atomic E-state index is 13.6. The van der Waals surface area contributed by atoms with Gasteiger partial charge in [-0.1, -0.05) is 262 Å². The smallest absolute Gasteiger partial charge is 0.456 e. The van der Waals surface area contributed by atoms with Gasteiger partial charge in [-0.2, -0.15) is 0 Å². The van der Waals surface area contributed by atoms with Gasteiger partial charge < -0.3 is 19.4 Å². The van der Waals surface area contributed by atoms with Crippen molar-refractivity contribution in [3.8, 4) is 0 Å². The minimum Gasteiger partial charge on any atom is -0.456 e. The van der Waals surface area contributed by atoms with Crippen molar-refractivity contribution in [1.29, 1.82) is 0 Å². The Morgan fingerprint density at radius 1 is 0.449 bits per heavy atom. The molecule has 0 radical (unpaired) electrons. The Morgan fingerprint density at radius 3 is 1.18 bits per heavy atom. The first-order valence-electron chi connectivity index (χ1n) is 33.1. The summed E-state index contributed by atoms with van der Waals surface area (Å²) in [6.45, 7) is 6.99. The van der Waals surface area contributed by atoms with E-state index in [1.807, 2.05) is 33.3 Å². The van der Waals surface area contributed by atoms with E-state index < -0.39 is 20.0 Å². The number of allylic oxidation sites excluding steroid dienone is 9. The third-order valence-electron chi connectivity index (χ3n) is 14.7. The maximum absolute atomic E-state index is 13.6. The topological polar surface area (TPSA) is 111 Å². The Morgan fingerprint density at radius 2 is 0.782 bits per heavy atom. The average Bonchev–Trinajstić information content (AvgIpc) is 3.40. The number of unbranched alkanes of at least 4 members (excludes halogenated alkanes) is 36. The minimum absolute atomic E-state index is 0.0387. The Labute approximate surface area is 483 Å². The molecule has 1 amide bonds. The molecule has 0 aliphatic rings. The molecule has 9 nitrogen and oxygen atoms in total. The number of phosphoric acid groups is 1. The van der Waals surface area contributed by atoms with Crippen LogP contribution in [0.1, 0.15) is 310 Å². The number of quaternary nitrogens is 1. The van der Waals surface area contributed by atoms with Crippen LogP contribution in [0.15, 0.2) is 60.8 Å². The SMILES string of the molecule is CCCCC/C=C\C/C=C\CCCCCCCCCCCCCC(=O)NC(COP(=O)(O)OCC[N+](C)(C)C)C(/C=C/CCCCCCCCCCCC)OC(=O)CCCCCCCCCCC/C=C\C/C=C\CCCCC. The Balaban J connectivity index is 5.17. The van der Waals surface area contributed by atoms with Crippen LogP contribution in [0.5, 0.6) is 0 Å². The third-order valence-corrected chi connectivity index (χ3v) is 15.7. The molecule has 0 spiro atoms. The summed E-state index contributed by atoms with van der Waals surface area (Å²) in [6, 6.07) is -0.852. The molecule has 0 aliphatic carbocycles. The van der Waals surface area contributed by atoms with Crippen LogP contribution in [0.3, 0.4) is 0 Å². The molecular formula is C68H128N2O7P+. The van der Waals surface area contributed by atoms with Gasteiger partial charge in [-0.15, -0.1) is 0 Å². The number of likely N-dealkylation sites (N-methyl/N-ethyl adjacent to an activating group) is 1. The highest BCUT2D eigenvalue weighted by Gasteiger charge is 2.30. The number of hydrogen-bond donors (Lipinski definition) is 2. The Hall–Kier alpha value is -2.29. The molecule has 3 unspecified atom stereocenters. The molecule has 0 aromatic carbocycles. The van der Waals surface area contributed by atoms with Gasteiger partial charge in [0, 0.05) is 12.8 Å². The summed E-state index contributed by atoms with van der Waals surface area (Å²) in [5.41, 5.74) is 0. The second-order valence-corrected chi connectivity index (χ2v) is 25.1. The maximum Gasteiger partial charge on any atom is 0.472 e. The van der Waals surface area contributed by atoms with Crippen molar-refractivity contribution < 1.29 is 37.3 Å². The van der Waals surface area contributed by atoms with Gasteiger partial charge in [-0.05, 0) is 96.0 Å². The van der Waals surface area contributed by atoms with Crippen LogP contribution in [-0.2, 0) is 27.9 Å². The normalized spacial score (nSPS) is 14.0. The lowest BCUT2D eigenvalue weighted by atomic mass is 10.0. The van der Waals surface area contributed by atoms with Gasteiger partial charge in [-0.25, -0.2) is 4.57 Å². The van der Waals surface area contributed by atoms with Gasteiger partial charge in [0.1, 0.15) is 19.3 Å². The van der Waals surface area contributed by atoms with Crippen molar-refractivity contribution in [3.63, 3.8) is 0 Å². The molecule has 0 bridgehead atoms. The van der Waals surface area contributed by atoms with Gasteiger partial charge in [-0.3, -0.25) is 18.6 Å². The van der Waals surface area contributed by atoms with E-state index in [0.717, 1.165) is 70.6 Å². The van der Waals surface area contributed by atoms with Crippen molar-refractivity contribution in [2.45, 2.75) is 322 Å². The summed E-state index contributed by atoms with van der Waals surface area (Å²) in [4.78, 5) is 37.8.